The van der Waals surface area contributed by atoms with Crippen molar-refractivity contribution in [3.05, 3.63) is 42.0 Å². The number of rotatable bonds is 8. The first kappa shape index (κ1) is 20.8. The number of benzene rings is 1. The van der Waals surface area contributed by atoms with Crippen LogP contribution < -0.4 is 0 Å². The fourth-order valence-electron chi connectivity index (χ4n) is 1.89. The third-order valence-electron chi connectivity index (χ3n) is 3.18. The van der Waals surface area contributed by atoms with Gasteiger partial charge in [-0.05, 0) is 38.1 Å². The van der Waals surface area contributed by atoms with Gasteiger partial charge in [-0.2, -0.15) is 8.78 Å². The number of esters is 1. The van der Waals surface area contributed by atoms with E-state index in [0.29, 0.717) is 13.1 Å². The number of sulfone groups is 1. The second kappa shape index (κ2) is 8.70. The molecule has 0 bridgehead atoms. The molecule has 1 amide bonds. The number of nitrogens with zero attached hydrogens (tertiary/aromatic N) is 1. The summed E-state index contributed by atoms with van der Waals surface area (Å²) in [7, 11) is -4.73. The standard InChI is InChI=1S/C16H19F2NO5S/c1-4-19(9-11(2)3)14(20)10-24-15(21)12-5-7-13(8-6-12)25(22,23)16(17)18/h5-8,16H,2,4,9-10H2,1,3H3. The van der Waals surface area contributed by atoms with Crippen LogP contribution in [0.4, 0.5) is 8.78 Å². The molecule has 25 heavy (non-hydrogen) atoms. The zero-order valence-electron chi connectivity index (χ0n) is 13.9. The van der Waals surface area contributed by atoms with Crippen molar-refractivity contribution >= 4 is 21.7 Å². The van der Waals surface area contributed by atoms with Crippen LogP contribution in [0.15, 0.2) is 41.3 Å². The fraction of sp³-hybridized carbons (Fsp3) is 0.375. The molecule has 0 aliphatic carbocycles. The number of carbonyl (C=O) groups excluding carboxylic acids is 2. The molecule has 0 fully saturated rings. The smallest absolute Gasteiger partial charge is 0.341 e. The third kappa shape index (κ3) is 5.63. The van der Waals surface area contributed by atoms with E-state index in [2.05, 4.69) is 6.58 Å². The quantitative estimate of drug-likeness (QED) is 0.514. The molecule has 9 heteroatoms. The van der Waals surface area contributed by atoms with E-state index in [9.17, 15) is 26.8 Å². The van der Waals surface area contributed by atoms with Crippen LogP contribution >= 0.6 is 0 Å². The first-order valence-electron chi connectivity index (χ1n) is 7.31. The van der Waals surface area contributed by atoms with Crippen LogP contribution in [-0.2, 0) is 19.4 Å². The van der Waals surface area contributed by atoms with E-state index in [1.165, 1.54) is 4.90 Å². The molecule has 0 aromatic heterocycles. The maximum atomic E-state index is 12.4. The van der Waals surface area contributed by atoms with Crippen LogP contribution in [0.3, 0.4) is 0 Å². The molecule has 0 radical (unpaired) electrons. The predicted molar refractivity (Wildman–Crippen MR) is 87.0 cm³/mol. The van der Waals surface area contributed by atoms with Crippen molar-refractivity contribution in [3.63, 3.8) is 0 Å². The van der Waals surface area contributed by atoms with E-state index in [1.807, 2.05) is 0 Å². The highest BCUT2D eigenvalue weighted by Gasteiger charge is 2.26. The van der Waals surface area contributed by atoms with Crippen molar-refractivity contribution in [2.75, 3.05) is 19.7 Å². The molecule has 0 aliphatic heterocycles. The van der Waals surface area contributed by atoms with Gasteiger partial charge in [-0.1, -0.05) is 12.2 Å². The molecule has 1 rings (SSSR count). The van der Waals surface area contributed by atoms with E-state index >= 15 is 0 Å². The van der Waals surface area contributed by atoms with Crippen molar-refractivity contribution in [3.8, 4) is 0 Å². The van der Waals surface area contributed by atoms with E-state index in [0.717, 1.165) is 29.8 Å². The average molecular weight is 375 g/mol. The lowest BCUT2D eigenvalue weighted by atomic mass is 10.2. The van der Waals surface area contributed by atoms with Gasteiger partial charge < -0.3 is 9.64 Å². The van der Waals surface area contributed by atoms with Crippen molar-refractivity contribution in [2.45, 2.75) is 24.5 Å². The molecular formula is C16H19F2NO5S. The first-order valence-corrected chi connectivity index (χ1v) is 8.85. The van der Waals surface area contributed by atoms with Gasteiger partial charge >= 0.3 is 11.7 Å². The summed E-state index contributed by atoms with van der Waals surface area (Å²) in [5, 5.41) is 0. The van der Waals surface area contributed by atoms with Crippen molar-refractivity contribution in [1.82, 2.24) is 4.90 Å². The van der Waals surface area contributed by atoms with Crippen LogP contribution in [0.25, 0.3) is 0 Å². The Morgan fingerprint density at radius 2 is 1.80 bits per heavy atom. The lowest BCUT2D eigenvalue weighted by Crippen LogP contribution is -2.35. The Balaban J connectivity index is 2.73. The zero-order valence-corrected chi connectivity index (χ0v) is 14.7. The molecule has 0 saturated heterocycles. The van der Waals surface area contributed by atoms with Gasteiger partial charge in [0.1, 0.15) is 0 Å². The minimum atomic E-state index is -4.73. The molecule has 0 unspecified atom stereocenters. The summed E-state index contributed by atoms with van der Waals surface area (Å²) in [5.41, 5.74) is 0.723. The van der Waals surface area contributed by atoms with Crippen LogP contribution in [0.2, 0.25) is 0 Å². The Hall–Kier alpha value is -2.29. The maximum Gasteiger partial charge on any atom is 0.341 e. The van der Waals surface area contributed by atoms with Gasteiger partial charge in [-0.25, -0.2) is 13.2 Å². The van der Waals surface area contributed by atoms with E-state index < -0.39 is 39.0 Å². The highest BCUT2D eigenvalue weighted by atomic mass is 32.2. The van der Waals surface area contributed by atoms with Crippen molar-refractivity contribution in [1.29, 1.82) is 0 Å². The molecule has 0 heterocycles. The van der Waals surface area contributed by atoms with Gasteiger partial charge in [0, 0.05) is 13.1 Å². The Kier molecular flexibility index (Phi) is 7.22. The lowest BCUT2D eigenvalue weighted by Gasteiger charge is -2.20. The van der Waals surface area contributed by atoms with Gasteiger partial charge in [0.2, 0.25) is 9.84 Å². The molecule has 0 aliphatic rings. The Morgan fingerprint density at radius 3 is 2.24 bits per heavy atom. The highest BCUT2D eigenvalue weighted by molar-refractivity contribution is 7.91. The Morgan fingerprint density at radius 1 is 1.24 bits per heavy atom. The number of alkyl halides is 2. The molecule has 6 nitrogen and oxygen atoms in total. The van der Waals surface area contributed by atoms with E-state index in [4.69, 9.17) is 4.74 Å². The molecular weight excluding hydrogens is 356 g/mol. The summed E-state index contributed by atoms with van der Waals surface area (Å²) in [5.74, 6) is -4.81. The number of hydrogen-bond donors (Lipinski definition) is 0. The van der Waals surface area contributed by atoms with E-state index in [-0.39, 0.29) is 5.56 Å². The molecule has 0 saturated carbocycles. The summed E-state index contributed by atoms with van der Waals surface area (Å²) < 4.78 is 52.3. The summed E-state index contributed by atoms with van der Waals surface area (Å²) in [4.78, 5) is 24.7. The van der Waals surface area contributed by atoms with Crippen LogP contribution in [0.5, 0.6) is 0 Å². The second-order valence-electron chi connectivity index (χ2n) is 5.27. The van der Waals surface area contributed by atoms with E-state index in [1.54, 1.807) is 13.8 Å². The number of amides is 1. The number of carbonyl (C=O) groups is 2. The molecule has 1 aromatic rings. The zero-order chi connectivity index (χ0) is 19.2. The summed E-state index contributed by atoms with van der Waals surface area (Å²) in [6.45, 7) is 7.51. The molecule has 0 spiro atoms. The van der Waals surface area contributed by atoms with Crippen molar-refractivity contribution in [2.24, 2.45) is 0 Å². The summed E-state index contributed by atoms with van der Waals surface area (Å²) in [6, 6.07) is 3.87. The SMILES string of the molecule is C=C(C)CN(CC)C(=O)COC(=O)c1ccc(S(=O)(=O)C(F)F)cc1. The second-order valence-corrected chi connectivity index (χ2v) is 7.19. The van der Waals surface area contributed by atoms with Crippen LogP contribution in [0, 0.1) is 0 Å². The minimum absolute atomic E-state index is 0.0519. The van der Waals surface area contributed by atoms with Gasteiger partial charge in [0.25, 0.3) is 5.91 Å². The number of ether oxygens (including phenoxy) is 1. The highest BCUT2D eigenvalue weighted by Crippen LogP contribution is 2.18. The maximum absolute atomic E-state index is 12.4. The lowest BCUT2D eigenvalue weighted by molar-refractivity contribution is -0.133. The third-order valence-corrected chi connectivity index (χ3v) is 4.57. The summed E-state index contributed by atoms with van der Waals surface area (Å²) >= 11 is 0. The Bertz CT molecular complexity index is 744. The van der Waals surface area contributed by atoms with Gasteiger partial charge in [-0.15, -0.1) is 0 Å². The molecule has 1 aromatic carbocycles. The van der Waals surface area contributed by atoms with Crippen LogP contribution in [-0.4, -0.2) is 50.6 Å². The van der Waals surface area contributed by atoms with Gasteiger partial charge in [-0.3, -0.25) is 4.79 Å². The van der Waals surface area contributed by atoms with Crippen molar-refractivity contribution < 1.29 is 31.5 Å². The average Bonchev–Trinajstić information content (AvgIpc) is 2.56. The molecule has 0 N–H and O–H groups in total. The summed E-state index contributed by atoms with van der Waals surface area (Å²) in [6.07, 6.45) is 0. The number of likely N-dealkylation sites (N-methyl/N-ethyl adjacent to an activating group) is 1. The number of halogens is 2. The normalized spacial score (nSPS) is 11.2. The van der Waals surface area contributed by atoms with Gasteiger partial charge in [0.05, 0.1) is 10.5 Å². The Labute approximate surface area is 145 Å². The number of hydrogen-bond acceptors (Lipinski definition) is 5. The molecule has 0 atom stereocenters. The largest absolute Gasteiger partial charge is 0.452 e. The monoisotopic (exact) mass is 375 g/mol. The van der Waals surface area contributed by atoms with Gasteiger partial charge in [0.15, 0.2) is 6.61 Å². The van der Waals surface area contributed by atoms with Crippen LogP contribution in [0.1, 0.15) is 24.2 Å². The minimum Gasteiger partial charge on any atom is -0.452 e. The molecule has 138 valence electrons. The predicted octanol–water partition coefficient (Wildman–Crippen LogP) is 2.26. The fourth-order valence-corrected chi connectivity index (χ4v) is 2.61. The first-order chi connectivity index (χ1) is 11.6. The topological polar surface area (TPSA) is 80.8 Å².